The van der Waals surface area contributed by atoms with Crippen molar-refractivity contribution in [2.45, 2.75) is 19.4 Å². The summed E-state index contributed by atoms with van der Waals surface area (Å²) in [5.74, 6) is 0. The molecule has 0 saturated heterocycles. The zero-order valence-electron chi connectivity index (χ0n) is 12.7. The number of nitrogens with zero attached hydrogens (tertiary/aromatic N) is 3. The van der Waals surface area contributed by atoms with Crippen LogP contribution in [0.5, 0.6) is 0 Å². The summed E-state index contributed by atoms with van der Waals surface area (Å²) in [4.78, 5) is 4.40. The van der Waals surface area contributed by atoms with Crippen molar-refractivity contribution in [3.63, 3.8) is 0 Å². The molecule has 1 unspecified atom stereocenters. The maximum Gasteiger partial charge on any atom is 0.190 e. The van der Waals surface area contributed by atoms with Crippen LogP contribution in [-0.2, 0) is 0 Å². The van der Waals surface area contributed by atoms with Crippen LogP contribution in [0.3, 0.4) is 0 Å². The van der Waals surface area contributed by atoms with Crippen molar-refractivity contribution in [2.75, 3.05) is 6.54 Å². The molecule has 0 amide bonds. The maximum atomic E-state index is 6.15. The molecule has 0 fully saturated rings. The summed E-state index contributed by atoms with van der Waals surface area (Å²) in [6.07, 6.45) is 2.51. The zero-order valence-corrected chi connectivity index (χ0v) is 14.3. The minimum absolute atomic E-state index is 0.0252. The summed E-state index contributed by atoms with van der Waals surface area (Å²) >= 11 is 11.6. The van der Waals surface area contributed by atoms with Crippen molar-refractivity contribution in [2.24, 2.45) is 5.10 Å². The Bertz CT molecular complexity index is 732. The highest BCUT2D eigenvalue weighted by molar-refractivity contribution is 7.80. The number of halogens is 1. The second kappa shape index (κ2) is 7.06. The summed E-state index contributed by atoms with van der Waals surface area (Å²) < 4.78 is 0. The van der Waals surface area contributed by atoms with Gasteiger partial charge in [-0.1, -0.05) is 29.8 Å². The van der Waals surface area contributed by atoms with Gasteiger partial charge in [0.25, 0.3) is 0 Å². The molecule has 1 aliphatic rings. The highest BCUT2D eigenvalue weighted by Gasteiger charge is 2.31. The topological polar surface area (TPSA) is 40.5 Å². The van der Waals surface area contributed by atoms with E-state index in [-0.39, 0.29) is 6.04 Å². The fourth-order valence-electron chi connectivity index (χ4n) is 2.59. The molecule has 1 aromatic carbocycles. The average molecular weight is 345 g/mol. The number of rotatable bonds is 3. The van der Waals surface area contributed by atoms with Crippen LogP contribution in [0.25, 0.3) is 0 Å². The van der Waals surface area contributed by atoms with E-state index in [9.17, 15) is 0 Å². The van der Waals surface area contributed by atoms with E-state index in [1.165, 1.54) is 0 Å². The summed E-state index contributed by atoms with van der Waals surface area (Å²) in [6, 6.07) is 13.7. The SMILES string of the molecule is CCNC(=S)N1N=C(c2ccccn2)CC1c1cccc(Cl)c1. The van der Waals surface area contributed by atoms with Gasteiger partial charge in [0.05, 0.1) is 17.4 Å². The highest BCUT2D eigenvalue weighted by atomic mass is 35.5. The predicted molar refractivity (Wildman–Crippen MR) is 97.7 cm³/mol. The number of nitrogens with one attached hydrogen (secondary N) is 1. The summed E-state index contributed by atoms with van der Waals surface area (Å²) in [7, 11) is 0. The monoisotopic (exact) mass is 344 g/mol. The molecule has 0 radical (unpaired) electrons. The van der Waals surface area contributed by atoms with Crippen LogP contribution >= 0.6 is 23.8 Å². The second-order valence-corrected chi connectivity index (χ2v) is 6.04. The molecule has 2 heterocycles. The molecule has 2 aromatic rings. The standard InChI is InChI=1S/C17H17ClN4S/c1-2-19-17(23)22-16(12-6-5-7-13(18)10-12)11-15(21-22)14-8-3-4-9-20-14/h3-10,16H,2,11H2,1H3,(H,19,23). The van der Waals surface area contributed by atoms with Gasteiger partial charge in [-0.3, -0.25) is 4.98 Å². The fraction of sp³-hybridized carbons (Fsp3) is 0.235. The van der Waals surface area contributed by atoms with Gasteiger partial charge in [0, 0.05) is 24.2 Å². The van der Waals surface area contributed by atoms with E-state index >= 15 is 0 Å². The number of aromatic nitrogens is 1. The average Bonchev–Trinajstić information content (AvgIpc) is 3.01. The molecule has 1 atom stereocenters. The molecule has 0 saturated carbocycles. The van der Waals surface area contributed by atoms with E-state index < -0.39 is 0 Å². The van der Waals surface area contributed by atoms with Crippen LogP contribution in [-0.4, -0.2) is 27.4 Å². The van der Waals surface area contributed by atoms with Crippen molar-refractivity contribution in [3.05, 3.63) is 64.9 Å². The third-order valence-corrected chi connectivity index (χ3v) is 4.21. The molecule has 6 heteroatoms. The fourth-order valence-corrected chi connectivity index (χ4v) is 3.10. The molecule has 118 valence electrons. The van der Waals surface area contributed by atoms with Crippen LogP contribution in [0.15, 0.2) is 53.8 Å². The van der Waals surface area contributed by atoms with Crippen molar-refractivity contribution in [1.29, 1.82) is 0 Å². The van der Waals surface area contributed by atoms with Gasteiger partial charge < -0.3 is 5.32 Å². The van der Waals surface area contributed by atoms with E-state index in [4.69, 9.17) is 28.9 Å². The van der Waals surface area contributed by atoms with Crippen LogP contribution in [0.1, 0.15) is 30.6 Å². The zero-order chi connectivity index (χ0) is 16.2. The molecular formula is C17H17ClN4S. The molecule has 0 aliphatic carbocycles. The third-order valence-electron chi connectivity index (χ3n) is 3.64. The smallest absolute Gasteiger partial charge is 0.190 e. The molecule has 1 aromatic heterocycles. The number of benzene rings is 1. The van der Waals surface area contributed by atoms with Gasteiger partial charge in [-0.15, -0.1) is 0 Å². The molecule has 1 aliphatic heterocycles. The first-order valence-electron chi connectivity index (χ1n) is 7.50. The molecule has 1 N–H and O–H groups in total. The van der Waals surface area contributed by atoms with Crippen LogP contribution in [0.2, 0.25) is 5.02 Å². The Labute approximate surface area is 146 Å². The lowest BCUT2D eigenvalue weighted by atomic mass is 10.0. The number of pyridine rings is 1. The minimum Gasteiger partial charge on any atom is -0.361 e. The molecule has 0 spiro atoms. The molecule has 4 nitrogen and oxygen atoms in total. The lowest BCUT2D eigenvalue weighted by Gasteiger charge is -2.24. The maximum absolute atomic E-state index is 6.15. The van der Waals surface area contributed by atoms with Gasteiger partial charge in [0.15, 0.2) is 5.11 Å². The van der Waals surface area contributed by atoms with E-state index in [2.05, 4.69) is 16.4 Å². The third kappa shape index (κ3) is 3.51. The largest absolute Gasteiger partial charge is 0.361 e. The lowest BCUT2D eigenvalue weighted by molar-refractivity contribution is 0.365. The summed E-state index contributed by atoms with van der Waals surface area (Å²) in [6.45, 7) is 2.77. The van der Waals surface area contributed by atoms with Gasteiger partial charge in [-0.05, 0) is 49.0 Å². The van der Waals surface area contributed by atoms with Crippen molar-refractivity contribution >= 4 is 34.6 Å². The Kier molecular flexibility index (Phi) is 4.88. The minimum atomic E-state index is 0.0252. The van der Waals surface area contributed by atoms with E-state index in [0.29, 0.717) is 10.1 Å². The number of hydrogen-bond acceptors (Lipinski definition) is 3. The number of hydrogen-bond donors (Lipinski definition) is 1. The lowest BCUT2D eigenvalue weighted by Crippen LogP contribution is -2.36. The Balaban J connectivity index is 1.94. The van der Waals surface area contributed by atoms with Crippen LogP contribution < -0.4 is 5.32 Å². The molecular weight excluding hydrogens is 328 g/mol. The van der Waals surface area contributed by atoms with Crippen molar-refractivity contribution in [3.8, 4) is 0 Å². The summed E-state index contributed by atoms with van der Waals surface area (Å²) in [5.41, 5.74) is 2.89. The first-order chi connectivity index (χ1) is 11.2. The second-order valence-electron chi connectivity index (χ2n) is 5.22. The summed E-state index contributed by atoms with van der Waals surface area (Å²) in [5, 5.41) is 11.1. The number of hydrazone groups is 1. The Morgan fingerprint density at radius 3 is 2.91 bits per heavy atom. The van der Waals surface area contributed by atoms with Crippen molar-refractivity contribution < 1.29 is 0 Å². The van der Waals surface area contributed by atoms with Gasteiger partial charge in [0.2, 0.25) is 0 Å². The molecule has 23 heavy (non-hydrogen) atoms. The Morgan fingerprint density at radius 1 is 1.35 bits per heavy atom. The normalized spacial score (nSPS) is 17.0. The van der Waals surface area contributed by atoms with Gasteiger partial charge in [-0.25, -0.2) is 5.01 Å². The van der Waals surface area contributed by atoms with Crippen molar-refractivity contribution in [1.82, 2.24) is 15.3 Å². The highest BCUT2D eigenvalue weighted by Crippen LogP contribution is 2.33. The number of thiocarbonyl (C=S) groups is 1. The molecule has 3 rings (SSSR count). The first-order valence-corrected chi connectivity index (χ1v) is 8.29. The molecule has 0 bridgehead atoms. The Hall–Kier alpha value is -1.98. The van der Waals surface area contributed by atoms with Crippen LogP contribution in [0, 0.1) is 0 Å². The quantitative estimate of drug-likeness (QED) is 0.860. The first kappa shape index (κ1) is 15.9. The Morgan fingerprint density at radius 2 is 2.22 bits per heavy atom. The van der Waals surface area contributed by atoms with Crippen LogP contribution in [0.4, 0.5) is 0 Å². The van der Waals surface area contributed by atoms with Gasteiger partial charge >= 0.3 is 0 Å². The van der Waals surface area contributed by atoms with E-state index in [0.717, 1.165) is 29.9 Å². The van der Waals surface area contributed by atoms with Gasteiger partial charge in [0.1, 0.15) is 0 Å². The van der Waals surface area contributed by atoms with E-state index in [1.807, 2.05) is 48.3 Å². The van der Waals surface area contributed by atoms with E-state index in [1.54, 1.807) is 6.20 Å². The predicted octanol–water partition coefficient (Wildman–Crippen LogP) is 3.78. The van der Waals surface area contributed by atoms with Gasteiger partial charge in [-0.2, -0.15) is 5.10 Å².